The van der Waals surface area contributed by atoms with E-state index < -0.39 is 0 Å². The minimum Gasteiger partial charge on any atom is -0.315 e. The molecule has 6 heteroatoms. The summed E-state index contributed by atoms with van der Waals surface area (Å²) < 4.78 is 2.12. The Labute approximate surface area is 127 Å². The van der Waals surface area contributed by atoms with Crippen LogP contribution in [0.5, 0.6) is 0 Å². The molecule has 0 saturated heterocycles. The summed E-state index contributed by atoms with van der Waals surface area (Å²) in [5, 5.41) is 20.7. The fourth-order valence-electron chi connectivity index (χ4n) is 2.71. The first-order chi connectivity index (χ1) is 10.2. The number of nitrogens with one attached hydrogen (secondary N) is 1. The van der Waals surface area contributed by atoms with Crippen molar-refractivity contribution >= 4 is 0 Å². The van der Waals surface area contributed by atoms with E-state index in [1.165, 1.54) is 0 Å². The van der Waals surface area contributed by atoms with Crippen molar-refractivity contribution in [2.75, 3.05) is 19.6 Å². The molecule has 0 aliphatic carbocycles. The number of rotatable bonds is 8. The summed E-state index contributed by atoms with van der Waals surface area (Å²) in [6.07, 6.45) is 5.98. The van der Waals surface area contributed by atoms with Crippen LogP contribution < -0.4 is 5.32 Å². The van der Waals surface area contributed by atoms with Gasteiger partial charge < -0.3 is 4.57 Å². The van der Waals surface area contributed by atoms with E-state index in [1.54, 1.807) is 0 Å². The summed E-state index contributed by atoms with van der Waals surface area (Å²) in [6.45, 7) is 9.05. The van der Waals surface area contributed by atoms with Gasteiger partial charge in [0.2, 0.25) is 0 Å². The zero-order chi connectivity index (χ0) is 15.1. The van der Waals surface area contributed by atoms with Gasteiger partial charge in [-0.3, -0.25) is 10.2 Å². The van der Waals surface area contributed by atoms with Crippen LogP contribution in [0.3, 0.4) is 0 Å². The van der Waals surface area contributed by atoms with Crippen molar-refractivity contribution in [3.8, 4) is 6.07 Å². The Morgan fingerprint density at radius 3 is 3.05 bits per heavy atom. The third-order valence-corrected chi connectivity index (χ3v) is 4.13. The number of aromatic nitrogens is 3. The van der Waals surface area contributed by atoms with Crippen molar-refractivity contribution in [2.24, 2.45) is 0 Å². The van der Waals surface area contributed by atoms with Crippen molar-refractivity contribution in [3.63, 3.8) is 0 Å². The zero-order valence-electron chi connectivity index (χ0n) is 13.2. The van der Waals surface area contributed by atoms with Crippen LogP contribution in [-0.4, -0.2) is 44.8 Å². The van der Waals surface area contributed by atoms with Crippen LogP contribution in [0.15, 0.2) is 6.33 Å². The van der Waals surface area contributed by atoms with Crippen LogP contribution in [-0.2, 0) is 13.1 Å². The molecule has 21 heavy (non-hydrogen) atoms. The van der Waals surface area contributed by atoms with Gasteiger partial charge in [-0.05, 0) is 45.7 Å². The fraction of sp³-hybridized carbons (Fsp3) is 0.800. The van der Waals surface area contributed by atoms with E-state index in [0.29, 0.717) is 0 Å². The summed E-state index contributed by atoms with van der Waals surface area (Å²) in [7, 11) is 0. The van der Waals surface area contributed by atoms with Gasteiger partial charge in [0, 0.05) is 13.1 Å². The van der Waals surface area contributed by atoms with Crippen LogP contribution in [0.2, 0.25) is 0 Å². The smallest absolute Gasteiger partial charge is 0.147 e. The number of hydrogen-bond acceptors (Lipinski definition) is 5. The van der Waals surface area contributed by atoms with Crippen molar-refractivity contribution in [1.82, 2.24) is 25.0 Å². The normalized spacial score (nSPS) is 18.0. The highest BCUT2D eigenvalue weighted by Gasteiger charge is 2.22. The highest BCUT2D eigenvalue weighted by molar-refractivity contribution is 5.03. The van der Waals surface area contributed by atoms with Crippen LogP contribution in [0.25, 0.3) is 0 Å². The summed E-state index contributed by atoms with van der Waals surface area (Å²) in [6, 6.07) is 2.41. The molecule has 0 amide bonds. The van der Waals surface area contributed by atoms with Gasteiger partial charge in [0.15, 0.2) is 0 Å². The molecule has 1 aliphatic rings. The molecule has 2 rings (SSSR count). The van der Waals surface area contributed by atoms with Gasteiger partial charge in [-0.2, -0.15) is 5.26 Å². The molecule has 1 N–H and O–H groups in total. The molecule has 0 fully saturated rings. The number of fused-ring (bicyclic) bond motifs is 1. The minimum atomic E-state index is -0.377. The maximum absolute atomic E-state index is 9.30. The lowest BCUT2D eigenvalue weighted by molar-refractivity contribution is 0.210. The molecule has 1 aromatic heterocycles. The number of hydrogen-bond donors (Lipinski definition) is 1. The lowest BCUT2D eigenvalue weighted by atomic mass is 9.96. The van der Waals surface area contributed by atoms with E-state index in [4.69, 9.17) is 0 Å². The summed E-state index contributed by atoms with van der Waals surface area (Å²) in [4.78, 5) is 2.42. The molecule has 1 unspecified atom stereocenters. The molecule has 0 bridgehead atoms. The Morgan fingerprint density at radius 2 is 2.29 bits per heavy atom. The largest absolute Gasteiger partial charge is 0.315 e. The van der Waals surface area contributed by atoms with Gasteiger partial charge in [-0.15, -0.1) is 10.2 Å². The van der Waals surface area contributed by atoms with E-state index in [1.807, 2.05) is 13.3 Å². The summed E-state index contributed by atoms with van der Waals surface area (Å²) >= 11 is 0. The van der Waals surface area contributed by atoms with Crippen LogP contribution in [0, 0.1) is 11.3 Å². The van der Waals surface area contributed by atoms with Crippen molar-refractivity contribution < 1.29 is 0 Å². The average molecular weight is 290 g/mol. The summed E-state index contributed by atoms with van der Waals surface area (Å²) in [5.74, 6) is 1.06. The topological polar surface area (TPSA) is 69.8 Å². The first-order valence-electron chi connectivity index (χ1n) is 7.92. The van der Waals surface area contributed by atoms with Crippen LogP contribution in [0.1, 0.15) is 45.4 Å². The molecule has 1 aliphatic heterocycles. The third kappa shape index (κ3) is 4.51. The predicted molar refractivity (Wildman–Crippen MR) is 81.5 cm³/mol. The first kappa shape index (κ1) is 15.9. The Balaban J connectivity index is 1.67. The molecule has 0 radical (unpaired) electrons. The van der Waals surface area contributed by atoms with Crippen LogP contribution >= 0.6 is 0 Å². The van der Waals surface area contributed by atoms with Crippen molar-refractivity contribution in [3.05, 3.63) is 12.2 Å². The van der Waals surface area contributed by atoms with Gasteiger partial charge in [-0.1, -0.05) is 6.92 Å². The number of nitriles is 1. The minimum absolute atomic E-state index is 0.377. The SMILES string of the molecule is CCCNC(C)(C#N)CCCCN1CCn2cnnc2C1. The quantitative estimate of drug-likeness (QED) is 0.736. The molecule has 2 heterocycles. The first-order valence-corrected chi connectivity index (χ1v) is 7.92. The van der Waals surface area contributed by atoms with E-state index in [9.17, 15) is 5.26 Å². The zero-order valence-corrected chi connectivity index (χ0v) is 13.2. The standard InChI is InChI=1S/C15H26N6/c1-3-7-17-15(2,12-16)6-4-5-8-20-9-10-21-13-18-19-14(21)11-20/h13,17H,3-11H2,1-2H3. The maximum Gasteiger partial charge on any atom is 0.147 e. The predicted octanol–water partition coefficient (Wildman–Crippen LogP) is 1.55. The lowest BCUT2D eigenvalue weighted by Crippen LogP contribution is -2.41. The van der Waals surface area contributed by atoms with E-state index in [-0.39, 0.29) is 5.54 Å². The molecule has 0 spiro atoms. The highest BCUT2D eigenvalue weighted by Crippen LogP contribution is 2.15. The van der Waals surface area contributed by atoms with Gasteiger partial charge in [0.05, 0.1) is 12.6 Å². The van der Waals surface area contributed by atoms with Gasteiger partial charge in [0.1, 0.15) is 17.7 Å². The molecule has 1 aromatic rings. The van der Waals surface area contributed by atoms with Crippen LogP contribution in [0.4, 0.5) is 0 Å². The maximum atomic E-state index is 9.30. The van der Waals surface area contributed by atoms with Gasteiger partial charge in [-0.25, -0.2) is 0 Å². The van der Waals surface area contributed by atoms with E-state index in [0.717, 1.165) is 64.2 Å². The molecular formula is C15H26N6. The Hall–Kier alpha value is -1.45. The van der Waals surface area contributed by atoms with E-state index >= 15 is 0 Å². The number of nitrogens with zero attached hydrogens (tertiary/aromatic N) is 5. The molecule has 0 saturated carbocycles. The fourth-order valence-corrected chi connectivity index (χ4v) is 2.71. The second-order valence-electron chi connectivity index (χ2n) is 6.04. The summed E-state index contributed by atoms with van der Waals surface area (Å²) in [5.41, 5.74) is -0.377. The Kier molecular flexibility index (Phi) is 5.71. The van der Waals surface area contributed by atoms with Crippen molar-refractivity contribution in [2.45, 2.75) is 58.2 Å². The molecule has 6 nitrogen and oxygen atoms in total. The Morgan fingerprint density at radius 1 is 1.43 bits per heavy atom. The van der Waals surface area contributed by atoms with E-state index in [2.05, 4.69) is 38.0 Å². The second kappa shape index (κ2) is 7.53. The average Bonchev–Trinajstić information content (AvgIpc) is 2.97. The van der Waals surface area contributed by atoms with Crippen molar-refractivity contribution in [1.29, 1.82) is 5.26 Å². The Bertz CT molecular complexity index is 477. The molecule has 0 aromatic carbocycles. The molecule has 116 valence electrons. The van der Waals surface area contributed by atoms with Gasteiger partial charge in [0.25, 0.3) is 0 Å². The number of unbranched alkanes of at least 4 members (excludes halogenated alkanes) is 1. The molecule has 1 atom stereocenters. The monoisotopic (exact) mass is 290 g/mol. The third-order valence-electron chi connectivity index (χ3n) is 4.13. The second-order valence-corrected chi connectivity index (χ2v) is 6.04. The lowest BCUT2D eigenvalue weighted by Gasteiger charge is -2.27. The highest BCUT2D eigenvalue weighted by atomic mass is 15.3. The molecular weight excluding hydrogens is 264 g/mol. The van der Waals surface area contributed by atoms with Gasteiger partial charge >= 0.3 is 0 Å².